The SMILES string of the molecule is O=C(NCc1ccc(N2CCC(c3cc(Cl)c(F)c(Cl)c3F)(C(F)(F)F)C2O)cc1C(F)(F)F)C1CC1. The van der Waals surface area contributed by atoms with Crippen LogP contribution in [0.3, 0.4) is 0 Å². The molecule has 2 aromatic carbocycles. The standard InChI is InChI=1S/C23H18Cl2F8N2O2/c24-15-8-14(17(26)16(25)18(15)27)21(23(31,32)33)5-6-35(20(21)37)12-4-3-11(13(7-12)22(28,29)30)9-34-19(36)10-1-2-10/h3-4,7-8,10,20,37H,1-2,5-6,9H2,(H,34,36). The number of carbonyl (C=O) groups excluding carboxylic acids is 1. The van der Waals surface area contributed by atoms with Crippen molar-refractivity contribution >= 4 is 34.8 Å². The molecule has 0 radical (unpaired) electrons. The average Bonchev–Trinajstić information content (AvgIpc) is 3.60. The van der Waals surface area contributed by atoms with E-state index in [0.29, 0.717) is 29.9 Å². The molecule has 202 valence electrons. The smallest absolute Gasteiger partial charge is 0.372 e. The van der Waals surface area contributed by atoms with Gasteiger partial charge in [-0.2, -0.15) is 26.3 Å². The zero-order chi connectivity index (χ0) is 27.5. The Bertz CT molecular complexity index is 1230. The van der Waals surface area contributed by atoms with Crippen LogP contribution in [0, 0.1) is 17.6 Å². The molecule has 37 heavy (non-hydrogen) atoms. The van der Waals surface area contributed by atoms with Gasteiger partial charge in [-0.05, 0) is 43.0 Å². The Balaban J connectivity index is 1.74. The van der Waals surface area contributed by atoms with Crippen LogP contribution in [-0.2, 0) is 22.9 Å². The van der Waals surface area contributed by atoms with Crippen molar-refractivity contribution in [1.82, 2.24) is 5.32 Å². The topological polar surface area (TPSA) is 52.6 Å². The normalized spacial score (nSPS) is 22.5. The molecule has 0 bridgehead atoms. The Morgan fingerprint density at radius 1 is 1.08 bits per heavy atom. The number of alkyl halides is 6. The summed E-state index contributed by atoms with van der Waals surface area (Å²) in [7, 11) is 0. The molecule has 2 aromatic rings. The fraction of sp³-hybridized carbons (Fsp3) is 0.435. The van der Waals surface area contributed by atoms with Crippen molar-refractivity contribution in [2.45, 2.75) is 49.8 Å². The molecule has 4 nitrogen and oxygen atoms in total. The number of hydrogen-bond donors (Lipinski definition) is 2. The highest BCUT2D eigenvalue weighted by Gasteiger charge is 2.66. The highest BCUT2D eigenvalue weighted by molar-refractivity contribution is 6.35. The van der Waals surface area contributed by atoms with E-state index in [0.717, 1.165) is 12.1 Å². The minimum absolute atomic E-state index is 0.252. The van der Waals surface area contributed by atoms with Crippen LogP contribution < -0.4 is 10.2 Å². The Kier molecular flexibility index (Phi) is 7.09. The molecule has 2 unspecified atom stereocenters. The van der Waals surface area contributed by atoms with Gasteiger partial charge in [0.1, 0.15) is 22.5 Å². The number of halogens is 10. The lowest BCUT2D eigenvalue weighted by atomic mass is 9.77. The van der Waals surface area contributed by atoms with Crippen LogP contribution in [-0.4, -0.2) is 30.0 Å². The van der Waals surface area contributed by atoms with Gasteiger partial charge in [0.2, 0.25) is 5.91 Å². The van der Waals surface area contributed by atoms with E-state index in [-0.39, 0.29) is 11.5 Å². The first-order valence-corrected chi connectivity index (χ1v) is 11.7. The third kappa shape index (κ3) is 4.83. The maximum Gasteiger partial charge on any atom is 0.416 e. The highest BCUT2D eigenvalue weighted by Crippen LogP contribution is 2.54. The van der Waals surface area contributed by atoms with Gasteiger partial charge in [-0.15, -0.1) is 0 Å². The second-order valence-electron chi connectivity index (χ2n) is 8.97. The number of benzene rings is 2. The van der Waals surface area contributed by atoms with Crippen molar-refractivity contribution in [3.63, 3.8) is 0 Å². The molecule has 0 spiro atoms. The van der Waals surface area contributed by atoms with Crippen LogP contribution in [0.2, 0.25) is 10.0 Å². The van der Waals surface area contributed by atoms with Crippen LogP contribution >= 0.6 is 23.2 Å². The number of aliphatic hydroxyl groups is 1. The van der Waals surface area contributed by atoms with E-state index in [1.807, 2.05) is 0 Å². The zero-order valence-corrected chi connectivity index (χ0v) is 20.1. The maximum atomic E-state index is 14.8. The van der Waals surface area contributed by atoms with Gasteiger partial charge in [-0.25, -0.2) is 8.78 Å². The number of nitrogens with one attached hydrogen (secondary N) is 1. The molecule has 1 heterocycles. The summed E-state index contributed by atoms with van der Waals surface area (Å²) >= 11 is 11.1. The van der Waals surface area contributed by atoms with E-state index in [2.05, 4.69) is 5.32 Å². The van der Waals surface area contributed by atoms with Crippen LogP contribution in [0.25, 0.3) is 0 Å². The summed E-state index contributed by atoms with van der Waals surface area (Å²) in [5.74, 6) is -3.94. The summed E-state index contributed by atoms with van der Waals surface area (Å²) in [5, 5.41) is 11.0. The lowest BCUT2D eigenvalue weighted by Crippen LogP contribution is -2.53. The molecule has 2 atom stereocenters. The summed E-state index contributed by atoms with van der Waals surface area (Å²) in [6.07, 6.45) is -12.6. The molecular weight excluding hydrogens is 559 g/mol. The van der Waals surface area contributed by atoms with E-state index in [1.54, 1.807) is 0 Å². The fourth-order valence-electron chi connectivity index (χ4n) is 4.53. The molecule has 1 amide bonds. The van der Waals surface area contributed by atoms with Gasteiger partial charge in [0.25, 0.3) is 0 Å². The van der Waals surface area contributed by atoms with Crippen LogP contribution in [0.15, 0.2) is 24.3 Å². The summed E-state index contributed by atoms with van der Waals surface area (Å²) in [4.78, 5) is 12.5. The van der Waals surface area contributed by atoms with Crippen molar-refractivity contribution in [3.8, 4) is 0 Å². The summed E-state index contributed by atoms with van der Waals surface area (Å²) in [6, 6.07) is 2.96. The molecule has 14 heteroatoms. The average molecular weight is 577 g/mol. The molecule has 2 fully saturated rings. The lowest BCUT2D eigenvalue weighted by Gasteiger charge is -2.37. The van der Waals surface area contributed by atoms with Gasteiger partial charge in [-0.3, -0.25) is 4.79 Å². The second-order valence-corrected chi connectivity index (χ2v) is 9.75. The second kappa shape index (κ2) is 9.46. The molecule has 1 saturated heterocycles. The van der Waals surface area contributed by atoms with Crippen molar-refractivity contribution in [2.75, 3.05) is 11.4 Å². The molecular formula is C23H18Cl2F8N2O2. The largest absolute Gasteiger partial charge is 0.416 e. The molecule has 0 aromatic heterocycles. The molecule has 2 aliphatic rings. The van der Waals surface area contributed by atoms with Crippen molar-refractivity contribution in [1.29, 1.82) is 0 Å². The van der Waals surface area contributed by atoms with E-state index in [9.17, 15) is 45.0 Å². The quantitative estimate of drug-likeness (QED) is 0.248. The van der Waals surface area contributed by atoms with Crippen LogP contribution in [0.4, 0.5) is 40.8 Å². The van der Waals surface area contributed by atoms with Crippen molar-refractivity contribution < 1.29 is 45.0 Å². The molecule has 2 N–H and O–H groups in total. The predicted molar refractivity (Wildman–Crippen MR) is 118 cm³/mol. The highest BCUT2D eigenvalue weighted by atomic mass is 35.5. The number of amides is 1. The van der Waals surface area contributed by atoms with Gasteiger partial charge < -0.3 is 15.3 Å². The van der Waals surface area contributed by atoms with Gasteiger partial charge in [-0.1, -0.05) is 29.3 Å². The van der Waals surface area contributed by atoms with Crippen molar-refractivity contribution in [3.05, 3.63) is 62.6 Å². The Hall–Kier alpha value is -2.31. The minimum atomic E-state index is -5.34. The summed E-state index contributed by atoms with van der Waals surface area (Å²) < 4.78 is 113. The van der Waals surface area contributed by atoms with Gasteiger partial charge >= 0.3 is 12.4 Å². The lowest BCUT2D eigenvalue weighted by molar-refractivity contribution is -0.211. The van der Waals surface area contributed by atoms with Gasteiger partial charge in [0, 0.05) is 30.3 Å². The van der Waals surface area contributed by atoms with Gasteiger partial charge in [0.15, 0.2) is 5.82 Å². The first-order valence-electron chi connectivity index (χ1n) is 10.9. The third-order valence-corrected chi connectivity index (χ3v) is 7.31. The number of hydrogen-bond acceptors (Lipinski definition) is 3. The number of anilines is 1. The number of rotatable bonds is 5. The van der Waals surface area contributed by atoms with E-state index >= 15 is 0 Å². The predicted octanol–water partition coefficient (Wildman–Crippen LogP) is 6.35. The third-order valence-electron chi connectivity index (χ3n) is 6.70. The Morgan fingerprint density at radius 3 is 2.30 bits per heavy atom. The first-order chi connectivity index (χ1) is 17.1. The van der Waals surface area contributed by atoms with Crippen molar-refractivity contribution in [2.24, 2.45) is 5.92 Å². The van der Waals surface area contributed by atoms with Crippen LogP contribution in [0.5, 0.6) is 0 Å². The first kappa shape index (κ1) is 27.7. The number of carbonyl (C=O) groups is 1. The summed E-state index contributed by atoms with van der Waals surface area (Å²) in [6.45, 7) is -1.10. The Morgan fingerprint density at radius 2 is 1.73 bits per heavy atom. The zero-order valence-electron chi connectivity index (χ0n) is 18.6. The van der Waals surface area contributed by atoms with E-state index in [1.165, 1.54) is 0 Å². The molecule has 1 aliphatic carbocycles. The van der Waals surface area contributed by atoms with E-state index < -0.39 is 87.9 Å². The fourth-order valence-corrected chi connectivity index (χ4v) is 4.99. The van der Waals surface area contributed by atoms with Gasteiger partial charge in [0.05, 0.1) is 10.6 Å². The monoisotopic (exact) mass is 576 g/mol. The minimum Gasteiger partial charge on any atom is -0.372 e. The van der Waals surface area contributed by atoms with E-state index in [4.69, 9.17) is 23.2 Å². The maximum absolute atomic E-state index is 14.8. The van der Waals surface area contributed by atoms with Crippen LogP contribution in [0.1, 0.15) is 36.0 Å². The molecule has 4 rings (SSSR count). The number of nitrogens with zero attached hydrogens (tertiary/aromatic N) is 1. The number of aliphatic hydroxyl groups excluding tert-OH is 1. The molecule has 1 aliphatic heterocycles. The molecule has 1 saturated carbocycles. The summed E-state index contributed by atoms with van der Waals surface area (Å²) in [5.41, 5.74) is -6.60. The Labute approximate surface area is 215 Å².